The Balaban J connectivity index is 2.13. The molecule has 1 aliphatic rings. The summed E-state index contributed by atoms with van der Waals surface area (Å²) in [7, 11) is 1.71. The summed E-state index contributed by atoms with van der Waals surface area (Å²) in [6.07, 6.45) is 1.14. The molecule has 0 bridgehead atoms. The summed E-state index contributed by atoms with van der Waals surface area (Å²) in [6.45, 7) is 11.8. The molecule has 0 amide bonds. The lowest BCUT2D eigenvalue weighted by atomic mass is 9.93. The van der Waals surface area contributed by atoms with E-state index in [2.05, 4.69) is 36.0 Å². The van der Waals surface area contributed by atoms with E-state index in [0.717, 1.165) is 43.2 Å². The molecule has 1 aromatic rings. The SMILES string of the molecule is CCC1(C)CN(Cc2cc(OC)cc(C)n2)C(C)CN1. The van der Waals surface area contributed by atoms with Crippen molar-refractivity contribution in [2.24, 2.45) is 0 Å². The van der Waals surface area contributed by atoms with Gasteiger partial charge in [0.2, 0.25) is 0 Å². The van der Waals surface area contributed by atoms with Crippen molar-refractivity contribution in [2.75, 3.05) is 20.2 Å². The average Bonchev–Trinajstić information content (AvgIpc) is 2.42. The first-order valence-corrected chi connectivity index (χ1v) is 7.46. The van der Waals surface area contributed by atoms with Crippen LogP contribution in [0.2, 0.25) is 0 Å². The van der Waals surface area contributed by atoms with Crippen LogP contribution in [0.15, 0.2) is 12.1 Å². The van der Waals surface area contributed by atoms with E-state index in [-0.39, 0.29) is 5.54 Å². The minimum absolute atomic E-state index is 0.209. The van der Waals surface area contributed by atoms with Gasteiger partial charge in [-0.1, -0.05) is 6.92 Å². The highest BCUT2D eigenvalue weighted by Crippen LogP contribution is 2.22. The van der Waals surface area contributed by atoms with Crippen LogP contribution in [0.1, 0.15) is 38.6 Å². The summed E-state index contributed by atoms with van der Waals surface area (Å²) >= 11 is 0. The second-order valence-electron chi connectivity index (χ2n) is 6.19. The molecule has 0 spiro atoms. The highest BCUT2D eigenvalue weighted by Gasteiger charge is 2.32. The molecule has 1 saturated heterocycles. The average molecular weight is 277 g/mol. The molecule has 2 heterocycles. The van der Waals surface area contributed by atoms with E-state index < -0.39 is 0 Å². The highest BCUT2D eigenvalue weighted by molar-refractivity contribution is 5.26. The van der Waals surface area contributed by atoms with Crippen molar-refractivity contribution < 1.29 is 4.74 Å². The summed E-state index contributed by atoms with van der Waals surface area (Å²) in [5, 5.41) is 3.66. The van der Waals surface area contributed by atoms with Gasteiger partial charge in [-0.05, 0) is 27.2 Å². The van der Waals surface area contributed by atoms with Gasteiger partial charge < -0.3 is 10.1 Å². The van der Waals surface area contributed by atoms with Crippen LogP contribution in [0.4, 0.5) is 0 Å². The summed E-state index contributed by atoms with van der Waals surface area (Å²) in [5.41, 5.74) is 2.31. The zero-order chi connectivity index (χ0) is 14.8. The predicted octanol–water partition coefficient (Wildman–Crippen LogP) is 2.36. The Labute approximate surface area is 122 Å². The van der Waals surface area contributed by atoms with Crippen molar-refractivity contribution in [1.82, 2.24) is 15.2 Å². The fraction of sp³-hybridized carbons (Fsp3) is 0.688. The molecular formula is C16H27N3O. The van der Waals surface area contributed by atoms with Crippen LogP contribution in [0.3, 0.4) is 0 Å². The summed E-state index contributed by atoms with van der Waals surface area (Å²) in [4.78, 5) is 7.16. The van der Waals surface area contributed by atoms with Crippen LogP contribution in [0.5, 0.6) is 5.75 Å². The maximum Gasteiger partial charge on any atom is 0.122 e. The topological polar surface area (TPSA) is 37.4 Å². The molecule has 20 heavy (non-hydrogen) atoms. The minimum atomic E-state index is 0.209. The summed E-state index contributed by atoms with van der Waals surface area (Å²) < 4.78 is 5.34. The van der Waals surface area contributed by atoms with E-state index in [4.69, 9.17) is 4.74 Å². The maximum absolute atomic E-state index is 5.34. The van der Waals surface area contributed by atoms with Crippen LogP contribution >= 0.6 is 0 Å². The number of methoxy groups -OCH3 is 1. The molecule has 112 valence electrons. The Bertz CT molecular complexity index is 463. The number of pyridine rings is 1. The zero-order valence-electron chi connectivity index (χ0n) is 13.4. The number of nitrogens with one attached hydrogen (secondary N) is 1. The normalized spacial score (nSPS) is 27.6. The van der Waals surface area contributed by atoms with Gasteiger partial charge in [-0.2, -0.15) is 0 Å². The van der Waals surface area contributed by atoms with Gasteiger partial charge in [0.1, 0.15) is 5.75 Å². The van der Waals surface area contributed by atoms with Crippen LogP contribution in [-0.4, -0.2) is 41.7 Å². The molecule has 2 unspecified atom stereocenters. The molecule has 0 saturated carbocycles. The van der Waals surface area contributed by atoms with E-state index in [9.17, 15) is 0 Å². The molecule has 2 rings (SSSR count). The lowest BCUT2D eigenvalue weighted by Crippen LogP contribution is -2.61. The van der Waals surface area contributed by atoms with Crippen LogP contribution in [0.25, 0.3) is 0 Å². The number of aromatic nitrogens is 1. The van der Waals surface area contributed by atoms with Gasteiger partial charge in [0, 0.05) is 49.0 Å². The van der Waals surface area contributed by atoms with E-state index in [1.54, 1.807) is 7.11 Å². The highest BCUT2D eigenvalue weighted by atomic mass is 16.5. The number of rotatable bonds is 4. The molecule has 4 nitrogen and oxygen atoms in total. The van der Waals surface area contributed by atoms with Crippen molar-refractivity contribution >= 4 is 0 Å². The van der Waals surface area contributed by atoms with Crippen molar-refractivity contribution in [1.29, 1.82) is 0 Å². The van der Waals surface area contributed by atoms with Crippen molar-refractivity contribution in [3.05, 3.63) is 23.5 Å². The largest absolute Gasteiger partial charge is 0.497 e. The van der Waals surface area contributed by atoms with Crippen molar-refractivity contribution in [3.8, 4) is 5.75 Å². The molecule has 1 aliphatic heterocycles. The number of hydrogen-bond acceptors (Lipinski definition) is 4. The van der Waals surface area contributed by atoms with E-state index >= 15 is 0 Å². The Morgan fingerprint density at radius 1 is 1.50 bits per heavy atom. The van der Waals surface area contributed by atoms with Gasteiger partial charge in [0.25, 0.3) is 0 Å². The molecule has 2 atom stereocenters. The first-order valence-electron chi connectivity index (χ1n) is 7.46. The molecule has 1 aromatic heterocycles. The minimum Gasteiger partial charge on any atom is -0.497 e. The van der Waals surface area contributed by atoms with E-state index in [1.807, 2.05) is 19.1 Å². The Morgan fingerprint density at radius 3 is 2.90 bits per heavy atom. The number of nitrogens with zero attached hydrogens (tertiary/aromatic N) is 2. The molecule has 0 aromatic carbocycles. The first-order chi connectivity index (χ1) is 9.45. The number of hydrogen-bond donors (Lipinski definition) is 1. The molecular weight excluding hydrogens is 250 g/mol. The molecule has 1 fully saturated rings. The van der Waals surface area contributed by atoms with Crippen molar-refractivity contribution in [3.63, 3.8) is 0 Å². The Morgan fingerprint density at radius 2 is 2.25 bits per heavy atom. The quantitative estimate of drug-likeness (QED) is 0.917. The van der Waals surface area contributed by atoms with Crippen LogP contribution < -0.4 is 10.1 Å². The molecule has 4 heteroatoms. The third-order valence-electron chi connectivity index (χ3n) is 4.36. The van der Waals surface area contributed by atoms with Gasteiger partial charge in [0.05, 0.1) is 12.8 Å². The zero-order valence-corrected chi connectivity index (χ0v) is 13.4. The molecule has 0 radical (unpaired) electrons. The van der Waals surface area contributed by atoms with E-state index in [0.29, 0.717) is 6.04 Å². The fourth-order valence-electron chi connectivity index (χ4n) is 2.74. The molecule has 0 aliphatic carbocycles. The van der Waals surface area contributed by atoms with Gasteiger partial charge in [-0.25, -0.2) is 0 Å². The van der Waals surface area contributed by atoms with Gasteiger partial charge >= 0.3 is 0 Å². The standard InChI is InChI=1S/C16H27N3O/c1-6-16(4)11-19(13(3)9-17-16)10-14-8-15(20-5)7-12(2)18-14/h7-8,13,17H,6,9-11H2,1-5H3. The Hall–Kier alpha value is -1.13. The third-order valence-corrected chi connectivity index (χ3v) is 4.36. The summed E-state index contributed by atoms with van der Waals surface area (Å²) in [5.74, 6) is 0.897. The first kappa shape index (κ1) is 15.3. The lowest BCUT2D eigenvalue weighted by Gasteiger charge is -2.44. The summed E-state index contributed by atoms with van der Waals surface area (Å²) in [6, 6.07) is 4.55. The smallest absolute Gasteiger partial charge is 0.122 e. The molecule has 1 N–H and O–H groups in total. The van der Waals surface area contributed by atoms with Gasteiger partial charge in [0.15, 0.2) is 0 Å². The number of piperazine rings is 1. The van der Waals surface area contributed by atoms with Gasteiger partial charge in [-0.15, -0.1) is 0 Å². The lowest BCUT2D eigenvalue weighted by molar-refractivity contribution is 0.0854. The number of aryl methyl sites for hydroxylation is 1. The fourth-order valence-corrected chi connectivity index (χ4v) is 2.74. The van der Waals surface area contributed by atoms with Crippen LogP contribution in [-0.2, 0) is 6.54 Å². The van der Waals surface area contributed by atoms with Gasteiger partial charge in [-0.3, -0.25) is 9.88 Å². The van der Waals surface area contributed by atoms with Crippen molar-refractivity contribution in [2.45, 2.75) is 52.2 Å². The monoisotopic (exact) mass is 277 g/mol. The predicted molar refractivity (Wildman–Crippen MR) is 82.1 cm³/mol. The Kier molecular flexibility index (Phi) is 4.66. The maximum atomic E-state index is 5.34. The second kappa shape index (κ2) is 6.10. The van der Waals surface area contributed by atoms with Crippen LogP contribution in [0, 0.1) is 6.92 Å². The second-order valence-corrected chi connectivity index (χ2v) is 6.19. The van der Waals surface area contributed by atoms with E-state index in [1.165, 1.54) is 0 Å². The number of ether oxygens (including phenoxy) is 1. The third kappa shape index (κ3) is 3.49.